The van der Waals surface area contributed by atoms with E-state index in [0.29, 0.717) is 27.9 Å². The van der Waals surface area contributed by atoms with E-state index in [0.717, 1.165) is 5.69 Å². The molecule has 0 atom stereocenters. The predicted octanol–water partition coefficient (Wildman–Crippen LogP) is 3.56. The molecule has 3 heterocycles. The Balaban J connectivity index is 1.51. The number of hydrogen-bond acceptors (Lipinski definition) is 6. The lowest BCUT2D eigenvalue weighted by atomic mass is 10.1. The Morgan fingerprint density at radius 3 is 2.10 bits per heavy atom. The molecular formula is C30H23N7O3. The molecule has 2 aromatic carbocycles. The van der Waals surface area contributed by atoms with Crippen LogP contribution >= 0.6 is 0 Å². The second-order valence-electron chi connectivity index (χ2n) is 8.48. The van der Waals surface area contributed by atoms with Crippen molar-refractivity contribution in [1.29, 1.82) is 0 Å². The molecule has 0 aliphatic carbocycles. The standard InChI is InChI=1S/C30H23N7O3/c38-28(21-8-3-1-4-9-21)33-26(30(40)35-34-29(39)22-13-16-31-17-14-22)18-24-20-37(25-11-5-2-6-12-25)36-27(24)23-10-7-15-32-19-23/h1-20H,(H,33,38)(H,34,39)(H,35,40). The summed E-state index contributed by atoms with van der Waals surface area (Å²) in [7, 11) is 0. The number of hydrogen-bond donors (Lipinski definition) is 3. The number of rotatable bonds is 7. The van der Waals surface area contributed by atoms with E-state index in [2.05, 4.69) is 26.1 Å². The van der Waals surface area contributed by atoms with Crippen molar-refractivity contribution < 1.29 is 14.4 Å². The van der Waals surface area contributed by atoms with E-state index >= 15 is 0 Å². The van der Waals surface area contributed by atoms with Crippen molar-refractivity contribution in [3.63, 3.8) is 0 Å². The zero-order valence-corrected chi connectivity index (χ0v) is 21.1. The highest BCUT2D eigenvalue weighted by Gasteiger charge is 2.19. The van der Waals surface area contributed by atoms with E-state index < -0.39 is 17.7 Å². The molecule has 3 amide bonds. The highest BCUT2D eigenvalue weighted by molar-refractivity contribution is 6.06. The molecule has 10 heteroatoms. The lowest BCUT2D eigenvalue weighted by Crippen LogP contribution is -2.45. The van der Waals surface area contributed by atoms with Crippen LogP contribution in [0.3, 0.4) is 0 Å². The Kier molecular flexibility index (Phi) is 7.78. The third-order valence-electron chi connectivity index (χ3n) is 5.76. The zero-order valence-electron chi connectivity index (χ0n) is 21.1. The van der Waals surface area contributed by atoms with Gasteiger partial charge in [-0.1, -0.05) is 36.4 Å². The van der Waals surface area contributed by atoms with Crippen molar-refractivity contribution in [3.05, 3.63) is 138 Å². The van der Waals surface area contributed by atoms with Gasteiger partial charge in [0.1, 0.15) is 11.4 Å². The molecule has 3 aromatic heterocycles. The molecule has 0 saturated carbocycles. The van der Waals surface area contributed by atoms with Crippen LogP contribution < -0.4 is 16.2 Å². The van der Waals surface area contributed by atoms with Gasteiger partial charge in [0.2, 0.25) is 0 Å². The third-order valence-corrected chi connectivity index (χ3v) is 5.76. The molecule has 3 N–H and O–H groups in total. The van der Waals surface area contributed by atoms with Gasteiger partial charge in [0.15, 0.2) is 0 Å². The van der Waals surface area contributed by atoms with Crippen molar-refractivity contribution in [2.24, 2.45) is 0 Å². The number of para-hydroxylation sites is 1. The summed E-state index contributed by atoms with van der Waals surface area (Å²) in [5.41, 5.74) is 7.88. The van der Waals surface area contributed by atoms with Crippen LogP contribution in [0.5, 0.6) is 0 Å². The van der Waals surface area contributed by atoms with Crippen LogP contribution in [-0.4, -0.2) is 37.5 Å². The second kappa shape index (κ2) is 12.1. The predicted molar refractivity (Wildman–Crippen MR) is 149 cm³/mol. The van der Waals surface area contributed by atoms with E-state index in [9.17, 15) is 14.4 Å². The van der Waals surface area contributed by atoms with Crippen molar-refractivity contribution in [2.45, 2.75) is 0 Å². The number of carbonyl (C=O) groups is 3. The summed E-state index contributed by atoms with van der Waals surface area (Å²) in [6.45, 7) is 0. The van der Waals surface area contributed by atoms with Gasteiger partial charge >= 0.3 is 0 Å². The molecular weight excluding hydrogens is 506 g/mol. The molecule has 5 aromatic rings. The first-order valence-corrected chi connectivity index (χ1v) is 12.2. The topological polar surface area (TPSA) is 131 Å². The monoisotopic (exact) mass is 529 g/mol. The zero-order chi connectivity index (χ0) is 27.7. The summed E-state index contributed by atoms with van der Waals surface area (Å²) in [4.78, 5) is 46.9. The van der Waals surface area contributed by atoms with Gasteiger partial charge in [0, 0.05) is 53.2 Å². The number of nitrogens with one attached hydrogen (secondary N) is 3. The average molecular weight is 530 g/mol. The number of amides is 3. The molecule has 0 unspecified atom stereocenters. The van der Waals surface area contributed by atoms with Gasteiger partial charge in [-0.15, -0.1) is 0 Å². The molecule has 5 rings (SSSR count). The Labute approximate surface area is 229 Å². The number of carbonyl (C=O) groups excluding carboxylic acids is 3. The maximum Gasteiger partial charge on any atom is 0.286 e. The van der Waals surface area contributed by atoms with Crippen LogP contribution in [0.2, 0.25) is 0 Å². The number of pyridine rings is 2. The molecule has 0 saturated heterocycles. The number of benzene rings is 2. The maximum absolute atomic E-state index is 13.3. The van der Waals surface area contributed by atoms with E-state index in [-0.39, 0.29) is 5.70 Å². The molecule has 40 heavy (non-hydrogen) atoms. The minimum Gasteiger partial charge on any atom is -0.317 e. The first-order chi connectivity index (χ1) is 19.6. The molecule has 0 radical (unpaired) electrons. The fraction of sp³-hybridized carbons (Fsp3) is 0. The fourth-order valence-corrected chi connectivity index (χ4v) is 3.79. The summed E-state index contributed by atoms with van der Waals surface area (Å²) in [6.07, 6.45) is 9.49. The summed E-state index contributed by atoms with van der Waals surface area (Å²) < 4.78 is 1.67. The largest absolute Gasteiger partial charge is 0.317 e. The van der Waals surface area contributed by atoms with Crippen LogP contribution in [0.15, 0.2) is 122 Å². The molecule has 0 fully saturated rings. The van der Waals surface area contributed by atoms with Crippen molar-refractivity contribution in [2.75, 3.05) is 0 Å². The van der Waals surface area contributed by atoms with Crippen LogP contribution in [-0.2, 0) is 4.79 Å². The van der Waals surface area contributed by atoms with Gasteiger partial charge in [0.25, 0.3) is 17.7 Å². The van der Waals surface area contributed by atoms with Crippen LogP contribution in [0, 0.1) is 0 Å². The summed E-state index contributed by atoms with van der Waals surface area (Å²) in [5, 5.41) is 7.40. The molecule has 0 spiro atoms. The normalized spacial score (nSPS) is 10.9. The second-order valence-corrected chi connectivity index (χ2v) is 8.48. The first-order valence-electron chi connectivity index (χ1n) is 12.2. The van der Waals surface area contributed by atoms with Gasteiger partial charge in [-0.3, -0.25) is 35.2 Å². The highest BCUT2D eigenvalue weighted by atomic mass is 16.2. The van der Waals surface area contributed by atoms with E-state index in [1.165, 1.54) is 30.6 Å². The third kappa shape index (κ3) is 6.14. The van der Waals surface area contributed by atoms with Gasteiger partial charge < -0.3 is 5.32 Å². The fourth-order valence-electron chi connectivity index (χ4n) is 3.79. The van der Waals surface area contributed by atoms with Gasteiger partial charge in [-0.05, 0) is 54.6 Å². The van der Waals surface area contributed by atoms with E-state index in [4.69, 9.17) is 5.10 Å². The minimum atomic E-state index is -0.740. The lowest BCUT2D eigenvalue weighted by Gasteiger charge is -2.12. The lowest BCUT2D eigenvalue weighted by molar-refractivity contribution is -0.118. The number of nitrogens with zero attached hydrogens (tertiary/aromatic N) is 4. The Morgan fingerprint density at radius 2 is 1.40 bits per heavy atom. The quantitative estimate of drug-likeness (QED) is 0.218. The number of aromatic nitrogens is 4. The Morgan fingerprint density at radius 1 is 0.700 bits per heavy atom. The molecule has 0 aliphatic rings. The van der Waals surface area contributed by atoms with Gasteiger partial charge in [-0.2, -0.15) is 5.10 Å². The average Bonchev–Trinajstić information content (AvgIpc) is 3.45. The summed E-state index contributed by atoms with van der Waals surface area (Å²) >= 11 is 0. The molecule has 196 valence electrons. The van der Waals surface area contributed by atoms with Gasteiger partial charge in [0.05, 0.1) is 5.69 Å². The van der Waals surface area contributed by atoms with E-state index in [1.54, 1.807) is 59.7 Å². The molecule has 0 bridgehead atoms. The van der Waals surface area contributed by atoms with Crippen LogP contribution in [0.25, 0.3) is 23.0 Å². The van der Waals surface area contributed by atoms with Crippen molar-refractivity contribution in [3.8, 4) is 16.9 Å². The van der Waals surface area contributed by atoms with Gasteiger partial charge in [-0.25, -0.2) is 4.68 Å². The minimum absolute atomic E-state index is 0.110. The number of hydrazine groups is 1. The Hall–Kier alpha value is -5.90. The SMILES string of the molecule is O=C(NNC(=O)c1ccncc1)C(=Cc1cn(-c2ccccc2)nc1-c1cccnc1)NC(=O)c1ccccc1. The summed E-state index contributed by atoms with van der Waals surface area (Å²) in [6, 6.07) is 24.6. The molecule has 10 nitrogen and oxygen atoms in total. The highest BCUT2D eigenvalue weighted by Crippen LogP contribution is 2.25. The van der Waals surface area contributed by atoms with Crippen LogP contribution in [0.1, 0.15) is 26.3 Å². The Bertz CT molecular complexity index is 1650. The summed E-state index contributed by atoms with van der Waals surface area (Å²) in [5.74, 6) is -1.78. The maximum atomic E-state index is 13.3. The van der Waals surface area contributed by atoms with Crippen molar-refractivity contribution >= 4 is 23.8 Å². The van der Waals surface area contributed by atoms with E-state index in [1.807, 2.05) is 36.4 Å². The molecule has 0 aliphatic heterocycles. The first kappa shape index (κ1) is 25.7. The van der Waals surface area contributed by atoms with Crippen LogP contribution in [0.4, 0.5) is 0 Å². The van der Waals surface area contributed by atoms with Crippen molar-refractivity contribution in [1.82, 2.24) is 35.9 Å². The smallest absolute Gasteiger partial charge is 0.286 e.